The van der Waals surface area contributed by atoms with E-state index in [0.29, 0.717) is 24.5 Å². The van der Waals surface area contributed by atoms with Crippen LogP contribution in [-0.2, 0) is 16.0 Å². The summed E-state index contributed by atoms with van der Waals surface area (Å²) >= 11 is 5.87. The number of halogens is 1. The molecule has 0 spiro atoms. The van der Waals surface area contributed by atoms with E-state index in [4.69, 9.17) is 11.6 Å². The third-order valence-corrected chi connectivity index (χ3v) is 4.60. The molecule has 2 aromatic rings. The summed E-state index contributed by atoms with van der Waals surface area (Å²) in [6.07, 6.45) is 0.684. The highest BCUT2D eigenvalue weighted by molar-refractivity contribution is 6.30. The molecule has 0 bridgehead atoms. The SMILES string of the molecule is CCN(C(=O)C(C)(C)C(=O)NCCc1ccc(Cl)cc1)c1ccccc1. The highest BCUT2D eigenvalue weighted by Crippen LogP contribution is 2.24. The predicted octanol–water partition coefficient (Wildman–Crippen LogP) is 4.08. The van der Waals surface area contributed by atoms with Crippen LogP contribution in [0.5, 0.6) is 0 Å². The molecule has 0 aromatic heterocycles. The molecule has 0 radical (unpaired) electrons. The molecule has 0 fully saturated rings. The van der Waals surface area contributed by atoms with E-state index in [1.807, 2.05) is 61.5 Å². The summed E-state index contributed by atoms with van der Waals surface area (Å²) in [6.45, 7) is 6.20. The van der Waals surface area contributed by atoms with Gasteiger partial charge in [-0.1, -0.05) is 41.9 Å². The van der Waals surface area contributed by atoms with Gasteiger partial charge in [-0.15, -0.1) is 0 Å². The number of rotatable bonds is 7. The van der Waals surface area contributed by atoms with Crippen molar-refractivity contribution in [1.82, 2.24) is 5.32 Å². The Morgan fingerprint density at radius 3 is 2.23 bits per heavy atom. The summed E-state index contributed by atoms with van der Waals surface area (Å²) in [5.74, 6) is -0.485. The third kappa shape index (κ3) is 4.85. The van der Waals surface area contributed by atoms with Crippen LogP contribution in [0.1, 0.15) is 26.3 Å². The van der Waals surface area contributed by atoms with Gasteiger partial charge in [0.1, 0.15) is 5.41 Å². The molecule has 0 aliphatic heterocycles. The molecule has 4 nitrogen and oxygen atoms in total. The number of benzene rings is 2. The Morgan fingerprint density at radius 1 is 1.04 bits per heavy atom. The van der Waals surface area contributed by atoms with Gasteiger partial charge in [0.2, 0.25) is 11.8 Å². The summed E-state index contributed by atoms with van der Waals surface area (Å²) in [6, 6.07) is 16.9. The Bertz CT molecular complexity index is 742. The van der Waals surface area contributed by atoms with Gasteiger partial charge >= 0.3 is 0 Å². The van der Waals surface area contributed by atoms with Crippen LogP contribution in [0.4, 0.5) is 5.69 Å². The molecule has 5 heteroatoms. The smallest absolute Gasteiger partial charge is 0.242 e. The average Bonchev–Trinajstić information content (AvgIpc) is 2.64. The lowest BCUT2D eigenvalue weighted by Crippen LogP contribution is -2.50. The zero-order valence-corrected chi connectivity index (χ0v) is 16.2. The molecule has 0 aliphatic carbocycles. The van der Waals surface area contributed by atoms with Crippen LogP contribution in [0.15, 0.2) is 54.6 Å². The zero-order chi connectivity index (χ0) is 19.2. The van der Waals surface area contributed by atoms with Gasteiger partial charge in [0.25, 0.3) is 0 Å². The van der Waals surface area contributed by atoms with Crippen molar-refractivity contribution in [3.63, 3.8) is 0 Å². The summed E-state index contributed by atoms with van der Waals surface area (Å²) in [7, 11) is 0. The number of carbonyl (C=O) groups excluding carboxylic acids is 2. The minimum atomic E-state index is -1.15. The van der Waals surface area contributed by atoms with Crippen molar-refractivity contribution in [3.05, 3.63) is 65.2 Å². The van der Waals surface area contributed by atoms with Gasteiger partial charge < -0.3 is 10.2 Å². The molecular formula is C21H25ClN2O2. The van der Waals surface area contributed by atoms with E-state index < -0.39 is 5.41 Å². The summed E-state index contributed by atoms with van der Waals surface area (Å²) in [5.41, 5.74) is 0.728. The number of hydrogen-bond acceptors (Lipinski definition) is 2. The topological polar surface area (TPSA) is 49.4 Å². The minimum absolute atomic E-state index is 0.213. The lowest BCUT2D eigenvalue weighted by atomic mass is 9.90. The third-order valence-electron chi connectivity index (χ3n) is 4.34. The molecule has 2 aromatic carbocycles. The van der Waals surface area contributed by atoms with E-state index in [-0.39, 0.29) is 11.8 Å². The van der Waals surface area contributed by atoms with Crippen molar-refractivity contribution < 1.29 is 9.59 Å². The van der Waals surface area contributed by atoms with Crippen molar-refractivity contribution in [2.75, 3.05) is 18.0 Å². The molecular weight excluding hydrogens is 348 g/mol. The number of para-hydroxylation sites is 1. The van der Waals surface area contributed by atoms with Crippen LogP contribution < -0.4 is 10.2 Å². The lowest BCUT2D eigenvalue weighted by molar-refractivity contribution is -0.139. The van der Waals surface area contributed by atoms with E-state index in [9.17, 15) is 9.59 Å². The molecule has 0 atom stereocenters. The highest BCUT2D eigenvalue weighted by atomic mass is 35.5. The largest absolute Gasteiger partial charge is 0.355 e. The fourth-order valence-corrected chi connectivity index (χ4v) is 2.80. The van der Waals surface area contributed by atoms with E-state index >= 15 is 0 Å². The minimum Gasteiger partial charge on any atom is -0.355 e. The van der Waals surface area contributed by atoms with Gasteiger partial charge in [-0.2, -0.15) is 0 Å². The van der Waals surface area contributed by atoms with Gasteiger partial charge in [0, 0.05) is 23.8 Å². The van der Waals surface area contributed by atoms with Crippen molar-refractivity contribution in [2.45, 2.75) is 27.2 Å². The van der Waals surface area contributed by atoms with Gasteiger partial charge in [0.05, 0.1) is 0 Å². The molecule has 138 valence electrons. The Morgan fingerprint density at radius 2 is 1.65 bits per heavy atom. The summed E-state index contributed by atoms with van der Waals surface area (Å²) in [5, 5.41) is 3.56. The number of amides is 2. The first-order valence-corrected chi connectivity index (χ1v) is 9.13. The first-order valence-electron chi connectivity index (χ1n) is 8.76. The summed E-state index contributed by atoms with van der Waals surface area (Å²) in [4.78, 5) is 27.2. The van der Waals surface area contributed by atoms with E-state index in [1.54, 1.807) is 18.7 Å². The monoisotopic (exact) mass is 372 g/mol. The molecule has 1 N–H and O–H groups in total. The zero-order valence-electron chi connectivity index (χ0n) is 15.5. The van der Waals surface area contributed by atoms with Gasteiger partial charge in [0.15, 0.2) is 0 Å². The van der Waals surface area contributed by atoms with Crippen LogP contribution >= 0.6 is 11.6 Å². The van der Waals surface area contributed by atoms with Gasteiger partial charge in [-0.05, 0) is 57.0 Å². The average molecular weight is 373 g/mol. The molecule has 0 saturated carbocycles. The van der Waals surface area contributed by atoms with Gasteiger partial charge in [-0.25, -0.2) is 0 Å². The standard InChI is InChI=1S/C21H25ClN2O2/c1-4-24(18-8-6-5-7-9-18)20(26)21(2,3)19(25)23-15-14-16-10-12-17(22)13-11-16/h5-13H,4,14-15H2,1-3H3,(H,23,25). The van der Waals surface area contributed by atoms with Crippen molar-refractivity contribution in [2.24, 2.45) is 5.41 Å². The maximum absolute atomic E-state index is 13.0. The Kier molecular flexibility index (Phi) is 6.81. The molecule has 26 heavy (non-hydrogen) atoms. The number of hydrogen-bond donors (Lipinski definition) is 1. The number of anilines is 1. The Labute approximate surface area is 160 Å². The van der Waals surface area contributed by atoms with Crippen molar-refractivity contribution in [1.29, 1.82) is 0 Å². The Balaban J connectivity index is 1.99. The van der Waals surface area contributed by atoms with Crippen LogP contribution in [0.2, 0.25) is 5.02 Å². The number of carbonyl (C=O) groups is 2. The number of nitrogens with one attached hydrogen (secondary N) is 1. The lowest BCUT2D eigenvalue weighted by Gasteiger charge is -2.30. The first kappa shape index (κ1) is 20.0. The second-order valence-electron chi connectivity index (χ2n) is 6.64. The first-order chi connectivity index (χ1) is 12.4. The molecule has 2 rings (SSSR count). The van der Waals surface area contributed by atoms with Crippen LogP contribution in [-0.4, -0.2) is 24.9 Å². The molecule has 0 heterocycles. The quantitative estimate of drug-likeness (QED) is 0.744. The van der Waals surface area contributed by atoms with E-state index in [2.05, 4.69) is 5.32 Å². The van der Waals surface area contributed by atoms with Crippen molar-refractivity contribution >= 4 is 29.1 Å². The predicted molar refractivity (Wildman–Crippen MR) is 106 cm³/mol. The van der Waals surface area contributed by atoms with Crippen LogP contribution in [0.3, 0.4) is 0 Å². The van der Waals surface area contributed by atoms with E-state index in [0.717, 1.165) is 11.3 Å². The Hall–Kier alpha value is -2.33. The highest BCUT2D eigenvalue weighted by Gasteiger charge is 2.39. The second-order valence-corrected chi connectivity index (χ2v) is 7.08. The maximum Gasteiger partial charge on any atom is 0.242 e. The fraction of sp³-hybridized carbons (Fsp3) is 0.333. The normalized spacial score (nSPS) is 11.1. The van der Waals surface area contributed by atoms with Gasteiger partial charge in [-0.3, -0.25) is 9.59 Å². The van der Waals surface area contributed by atoms with Crippen LogP contribution in [0, 0.1) is 5.41 Å². The maximum atomic E-state index is 13.0. The molecule has 0 unspecified atom stereocenters. The van der Waals surface area contributed by atoms with Crippen LogP contribution in [0.25, 0.3) is 0 Å². The molecule has 2 amide bonds. The number of nitrogens with zero attached hydrogens (tertiary/aromatic N) is 1. The fourth-order valence-electron chi connectivity index (χ4n) is 2.68. The van der Waals surface area contributed by atoms with E-state index in [1.165, 1.54) is 0 Å². The second kappa shape index (κ2) is 8.86. The summed E-state index contributed by atoms with van der Waals surface area (Å²) < 4.78 is 0. The molecule has 0 saturated heterocycles. The molecule has 0 aliphatic rings. The van der Waals surface area contributed by atoms with Crippen molar-refractivity contribution in [3.8, 4) is 0 Å².